The number of alkyl halides is 9. The van der Waals surface area contributed by atoms with Gasteiger partial charge < -0.3 is 33.3 Å². The number of methoxy groups -OCH3 is 2. The largest absolute Gasteiger partial charge is 0.492 e. The third-order valence-electron chi connectivity index (χ3n) is 13.1. The summed E-state index contributed by atoms with van der Waals surface area (Å²) in [4.78, 5) is 2.31. The summed E-state index contributed by atoms with van der Waals surface area (Å²) in [5.41, 5.74) is -3.88. The Hall–Kier alpha value is -1.15. The fourth-order valence-corrected chi connectivity index (χ4v) is 11.9. The van der Waals surface area contributed by atoms with E-state index in [0.717, 1.165) is 108 Å². The summed E-state index contributed by atoms with van der Waals surface area (Å²) in [6.07, 6.45) is -9.03. The first-order chi connectivity index (χ1) is 29.4. The van der Waals surface area contributed by atoms with Gasteiger partial charge in [-0.05, 0) is 131 Å². The van der Waals surface area contributed by atoms with Crippen molar-refractivity contribution in [2.24, 2.45) is 23.2 Å². The van der Waals surface area contributed by atoms with Crippen molar-refractivity contribution < 1.29 is 67.9 Å². The van der Waals surface area contributed by atoms with Crippen LogP contribution in [0.2, 0.25) is 0 Å². The van der Waals surface area contributed by atoms with E-state index in [0.29, 0.717) is 36.7 Å². The molecule has 0 aromatic heterocycles. The lowest BCUT2D eigenvalue weighted by Crippen LogP contribution is -2.67. The standard InChI is InChI=1S/C44H68F9NO6S2/c1-40-19-18-36-35-15-13-34(58-25-21-54(2)20-7-5-6-8-27-61-62-28-26-57-22-9-11-32(30-55-3)31-56-4)29-33(35)12-14-37(36)38(40)16-17-39(40)59-23-10-24-60-41(42(45,46)47,43(48,49)50)44(51,52)53/h13,15,29,32,36-39H,5-12,14,16-28,30-31H2,1-4H3. The smallest absolute Gasteiger partial charge is 0.435 e. The predicted molar refractivity (Wildman–Crippen MR) is 226 cm³/mol. The molecule has 360 valence electrons. The van der Waals surface area contributed by atoms with E-state index in [-0.39, 0.29) is 18.1 Å². The zero-order valence-corrected chi connectivity index (χ0v) is 38.3. The van der Waals surface area contributed by atoms with Gasteiger partial charge in [-0.3, -0.25) is 0 Å². The Morgan fingerprint density at radius 1 is 0.742 bits per heavy atom. The molecule has 0 saturated heterocycles. The number of ether oxygens (including phenoxy) is 6. The number of nitrogens with zero attached hydrogens (tertiary/aromatic N) is 1. The number of halogens is 9. The van der Waals surface area contributed by atoms with Crippen LogP contribution in [0.15, 0.2) is 18.2 Å². The lowest BCUT2D eigenvalue weighted by atomic mass is 9.55. The summed E-state index contributed by atoms with van der Waals surface area (Å²) in [5.74, 6) is 4.52. The van der Waals surface area contributed by atoms with E-state index in [1.807, 2.05) is 21.6 Å². The first kappa shape index (κ1) is 53.5. The van der Waals surface area contributed by atoms with E-state index in [2.05, 4.69) is 41.8 Å². The minimum Gasteiger partial charge on any atom is -0.492 e. The van der Waals surface area contributed by atoms with Gasteiger partial charge in [-0.1, -0.05) is 47.4 Å². The van der Waals surface area contributed by atoms with Crippen LogP contribution >= 0.6 is 21.6 Å². The molecule has 18 heteroatoms. The Morgan fingerprint density at radius 2 is 1.44 bits per heavy atom. The van der Waals surface area contributed by atoms with Gasteiger partial charge in [-0.15, -0.1) is 0 Å². The van der Waals surface area contributed by atoms with Crippen LogP contribution in [0.1, 0.15) is 101 Å². The third-order valence-corrected chi connectivity index (χ3v) is 15.5. The van der Waals surface area contributed by atoms with Gasteiger partial charge in [-0.25, -0.2) is 0 Å². The summed E-state index contributed by atoms with van der Waals surface area (Å²) in [5, 5.41) is 0. The third kappa shape index (κ3) is 14.4. The number of rotatable bonds is 29. The highest BCUT2D eigenvalue weighted by Gasteiger charge is 2.85. The maximum absolute atomic E-state index is 13.2. The zero-order valence-electron chi connectivity index (χ0n) is 36.7. The van der Waals surface area contributed by atoms with Crippen LogP contribution in [0.3, 0.4) is 0 Å². The fraction of sp³-hybridized carbons (Fsp3) is 0.864. The molecule has 62 heavy (non-hydrogen) atoms. The highest BCUT2D eigenvalue weighted by atomic mass is 33.1. The Bertz CT molecular complexity index is 1400. The molecule has 4 rings (SSSR count). The molecule has 0 radical (unpaired) electrons. The molecular formula is C44H68F9NO6S2. The fourth-order valence-electron chi connectivity index (χ4n) is 9.91. The molecule has 7 nitrogen and oxygen atoms in total. The van der Waals surface area contributed by atoms with Crippen LogP contribution in [0.4, 0.5) is 39.5 Å². The van der Waals surface area contributed by atoms with Crippen molar-refractivity contribution in [1.82, 2.24) is 4.90 Å². The normalized spacial score (nSPS) is 23.2. The minimum atomic E-state index is -6.74. The zero-order chi connectivity index (χ0) is 45.4. The Morgan fingerprint density at radius 3 is 2.13 bits per heavy atom. The first-order valence-electron chi connectivity index (χ1n) is 22.1. The van der Waals surface area contributed by atoms with Gasteiger partial charge in [0, 0.05) is 51.4 Å². The number of hydrogen-bond acceptors (Lipinski definition) is 9. The molecule has 2 fully saturated rings. The van der Waals surface area contributed by atoms with E-state index in [1.54, 1.807) is 14.2 Å². The van der Waals surface area contributed by atoms with E-state index < -0.39 is 37.2 Å². The predicted octanol–water partition coefficient (Wildman–Crippen LogP) is 11.7. The molecule has 5 atom stereocenters. The van der Waals surface area contributed by atoms with E-state index in [9.17, 15) is 39.5 Å². The molecule has 0 spiro atoms. The maximum Gasteiger partial charge on any atom is 0.435 e. The van der Waals surface area contributed by atoms with E-state index in [4.69, 9.17) is 23.7 Å². The van der Waals surface area contributed by atoms with Crippen molar-refractivity contribution in [1.29, 1.82) is 0 Å². The quantitative estimate of drug-likeness (QED) is 0.0444. The summed E-state index contributed by atoms with van der Waals surface area (Å²) >= 11 is 0. The molecule has 0 N–H and O–H groups in total. The monoisotopic (exact) mass is 941 g/mol. The van der Waals surface area contributed by atoms with Crippen LogP contribution in [0.25, 0.3) is 0 Å². The number of unbranched alkanes of at least 4 members (excludes halogenated alkanes) is 3. The molecule has 2 saturated carbocycles. The SMILES string of the molecule is COCC(CCCOCCSSCCCCCCN(C)CCOc1ccc2c(c1)CCC1C2CCC2(C)C(OCCCOC(C(F)(F)F)(C(F)(F)F)C(F)(F)F)CCC12)COC. The summed E-state index contributed by atoms with van der Waals surface area (Å²) in [6.45, 7) is 5.87. The van der Waals surface area contributed by atoms with Crippen molar-refractivity contribution in [3.8, 4) is 5.75 Å². The number of hydrogen-bond donors (Lipinski definition) is 0. The first-order valence-corrected chi connectivity index (χ1v) is 24.6. The molecule has 0 aliphatic heterocycles. The van der Waals surface area contributed by atoms with E-state index >= 15 is 0 Å². The average Bonchev–Trinajstić information content (AvgIpc) is 3.53. The Kier molecular flexibility index (Phi) is 21.7. The Balaban J connectivity index is 1.08. The van der Waals surface area contributed by atoms with E-state index in [1.165, 1.54) is 30.4 Å². The second-order valence-corrected chi connectivity index (χ2v) is 20.1. The number of benzene rings is 1. The molecule has 3 aliphatic rings. The topological polar surface area (TPSA) is 58.6 Å². The summed E-state index contributed by atoms with van der Waals surface area (Å²) < 4.78 is 151. The number of fused-ring (bicyclic) bond motifs is 5. The summed E-state index contributed by atoms with van der Waals surface area (Å²) in [7, 11) is 9.39. The van der Waals surface area contributed by atoms with Crippen molar-refractivity contribution in [2.45, 2.75) is 127 Å². The van der Waals surface area contributed by atoms with Gasteiger partial charge in [0.2, 0.25) is 0 Å². The Labute approximate surface area is 370 Å². The molecule has 5 unspecified atom stereocenters. The van der Waals surface area contributed by atoms with Gasteiger partial charge in [0.05, 0.1) is 32.5 Å². The highest BCUT2D eigenvalue weighted by Crippen LogP contribution is 2.62. The van der Waals surface area contributed by atoms with Crippen LogP contribution in [0, 0.1) is 23.2 Å². The van der Waals surface area contributed by atoms with Gasteiger partial charge in [0.25, 0.3) is 0 Å². The molecule has 0 heterocycles. The van der Waals surface area contributed by atoms with Crippen molar-refractivity contribution in [2.75, 3.05) is 92.1 Å². The van der Waals surface area contributed by atoms with Crippen molar-refractivity contribution in [3.63, 3.8) is 0 Å². The number of aryl methyl sites for hydroxylation is 1. The molecule has 1 aromatic carbocycles. The van der Waals surface area contributed by atoms with Crippen LogP contribution < -0.4 is 4.74 Å². The van der Waals surface area contributed by atoms with Gasteiger partial charge in [0.15, 0.2) is 0 Å². The molecule has 3 aliphatic carbocycles. The van der Waals surface area contributed by atoms with Crippen LogP contribution in [-0.2, 0) is 30.1 Å². The minimum absolute atomic E-state index is 0.253. The van der Waals surface area contributed by atoms with Gasteiger partial charge in [0.1, 0.15) is 12.4 Å². The maximum atomic E-state index is 13.2. The average molecular weight is 942 g/mol. The second-order valence-electron chi connectivity index (χ2n) is 17.4. The lowest BCUT2D eigenvalue weighted by molar-refractivity contribution is -0.457. The van der Waals surface area contributed by atoms with Crippen LogP contribution in [0.5, 0.6) is 5.75 Å². The van der Waals surface area contributed by atoms with Gasteiger partial charge >= 0.3 is 24.1 Å². The second kappa shape index (κ2) is 25.1. The van der Waals surface area contributed by atoms with Gasteiger partial charge in [-0.2, -0.15) is 39.5 Å². The molecule has 0 amide bonds. The highest BCUT2D eigenvalue weighted by molar-refractivity contribution is 8.76. The number of likely N-dealkylation sites (N-methyl/N-ethyl adjacent to an activating group) is 1. The molecule has 1 aromatic rings. The lowest BCUT2D eigenvalue weighted by Gasteiger charge is -2.50. The molecular weight excluding hydrogens is 874 g/mol. The summed E-state index contributed by atoms with van der Waals surface area (Å²) in [6, 6.07) is 6.41. The molecule has 0 bridgehead atoms. The van der Waals surface area contributed by atoms with Crippen LogP contribution in [-0.4, -0.2) is 127 Å². The van der Waals surface area contributed by atoms with Crippen molar-refractivity contribution >= 4 is 21.6 Å². The van der Waals surface area contributed by atoms with Crippen molar-refractivity contribution in [3.05, 3.63) is 29.3 Å².